The van der Waals surface area contributed by atoms with Crippen molar-refractivity contribution in [2.24, 2.45) is 0 Å². The van der Waals surface area contributed by atoms with Gasteiger partial charge in [-0.05, 0) is 31.9 Å². The number of nitrogens with zero attached hydrogens (tertiary/aromatic N) is 1. The molecule has 2 atom stereocenters. The van der Waals surface area contributed by atoms with Gasteiger partial charge in [-0.2, -0.15) is 0 Å². The SMILES string of the molecule is CC1CN(C(=O)CCc2cccc(Cl)c2Cl)CC(C)N1. The van der Waals surface area contributed by atoms with Crippen LogP contribution < -0.4 is 5.32 Å². The number of benzene rings is 1. The summed E-state index contributed by atoms with van der Waals surface area (Å²) in [5.74, 6) is 0.182. The number of rotatable bonds is 3. The zero-order valence-electron chi connectivity index (χ0n) is 11.8. The summed E-state index contributed by atoms with van der Waals surface area (Å²) in [7, 11) is 0. The second-order valence-electron chi connectivity index (χ2n) is 5.48. The molecule has 0 radical (unpaired) electrons. The largest absolute Gasteiger partial charge is 0.340 e. The van der Waals surface area contributed by atoms with Crippen LogP contribution in [0.15, 0.2) is 18.2 Å². The zero-order chi connectivity index (χ0) is 14.7. The van der Waals surface area contributed by atoms with Crippen LogP contribution in [0, 0.1) is 0 Å². The molecule has 0 aliphatic carbocycles. The molecule has 1 amide bonds. The number of amides is 1. The van der Waals surface area contributed by atoms with Gasteiger partial charge in [0.25, 0.3) is 0 Å². The fourth-order valence-electron chi connectivity index (χ4n) is 2.67. The van der Waals surface area contributed by atoms with Gasteiger partial charge in [-0.15, -0.1) is 0 Å². The predicted octanol–water partition coefficient (Wildman–Crippen LogP) is 3.13. The second kappa shape index (κ2) is 6.79. The normalized spacial score (nSPS) is 22.9. The highest BCUT2D eigenvalue weighted by Gasteiger charge is 2.24. The summed E-state index contributed by atoms with van der Waals surface area (Å²) < 4.78 is 0. The first-order valence-corrected chi connectivity index (χ1v) is 7.69. The minimum absolute atomic E-state index is 0.182. The van der Waals surface area contributed by atoms with Gasteiger partial charge in [0.05, 0.1) is 10.0 Å². The Hall–Kier alpha value is -0.770. The molecule has 1 saturated heterocycles. The van der Waals surface area contributed by atoms with Crippen molar-refractivity contribution in [1.82, 2.24) is 10.2 Å². The van der Waals surface area contributed by atoms with Crippen LogP contribution >= 0.6 is 23.2 Å². The molecule has 20 heavy (non-hydrogen) atoms. The quantitative estimate of drug-likeness (QED) is 0.929. The fourth-order valence-corrected chi connectivity index (χ4v) is 3.09. The van der Waals surface area contributed by atoms with Gasteiger partial charge in [-0.3, -0.25) is 4.79 Å². The van der Waals surface area contributed by atoms with E-state index in [1.807, 2.05) is 17.0 Å². The number of hydrogen-bond donors (Lipinski definition) is 1. The van der Waals surface area contributed by atoms with Crippen LogP contribution in [0.1, 0.15) is 25.8 Å². The van der Waals surface area contributed by atoms with Crippen molar-refractivity contribution in [3.8, 4) is 0 Å². The molecular formula is C15H20Cl2N2O. The lowest BCUT2D eigenvalue weighted by Gasteiger charge is -2.36. The maximum Gasteiger partial charge on any atom is 0.223 e. The number of aryl methyl sites for hydroxylation is 1. The first kappa shape index (κ1) is 15.6. The highest BCUT2D eigenvalue weighted by atomic mass is 35.5. The molecule has 0 saturated carbocycles. The van der Waals surface area contributed by atoms with Crippen molar-refractivity contribution in [3.05, 3.63) is 33.8 Å². The third-order valence-electron chi connectivity index (χ3n) is 3.55. The van der Waals surface area contributed by atoms with E-state index in [4.69, 9.17) is 23.2 Å². The maximum absolute atomic E-state index is 12.3. The number of piperazine rings is 1. The Labute approximate surface area is 130 Å². The summed E-state index contributed by atoms with van der Waals surface area (Å²) in [6.45, 7) is 5.74. The average molecular weight is 315 g/mol. The van der Waals surface area contributed by atoms with Gasteiger partial charge in [0.2, 0.25) is 5.91 Å². The molecule has 3 nitrogen and oxygen atoms in total. The Bertz CT molecular complexity index is 483. The Kier molecular flexibility index (Phi) is 5.30. The van der Waals surface area contributed by atoms with E-state index in [1.54, 1.807) is 6.07 Å². The first-order chi connectivity index (χ1) is 9.47. The number of hydrogen-bond acceptors (Lipinski definition) is 2. The number of halogens is 2. The van der Waals surface area contributed by atoms with Crippen molar-refractivity contribution < 1.29 is 4.79 Å². The molecule has 1 aliphatic heterocycles. The number of carbonyl (C=O) groups excluding carboxylic acids is 1. The standard InChI is InChI=1S/C15H20Cl2N2O/c1-10-8-19(9-11(2)18-10)14(20)7-6-12-4-3-5-13(16)15(12)17/h3-5,10-11,18H,6-9H2,1-2H3. The summed E-state index contributed by atoms with van der Waals surface area (Å²) in [5, 5.41) is 4.52. The molecule has 1 N–H and O–H groups in total. The first-order valence-electron chi connectivity index (χ1n) is 6.94. The molecule has 2 rings (SSSR count). The van der Waals surface area contributed by atoms with E-state index in [9.17, 15) is 4.79 Å². The summed E-state index contributed by atoms with van der Waals surface area (Å²) in [6, 6.07) is 6.23. The Balaban J connectivity index is 1.93. The van der Waals surface area contributed by atoms with Crippen LogP contribution in [0.25, 0.3) is 0 Å². The highest BCUT2D eigenvalue weighted by Crippen LogP contribution is 2.26. The molecule has 1 heterocycles. The van der Waals surface area contributed by atoms with Crippen molar-refractivity contribution in [1.29, 1.82) is 0 Å². The lowest BCUT2D eigenvalue weighted by atomic mass is 10.1. The van der Waals surface area contributed by atoms with E-state index in [2.05, 4.69) is 19.2 Å². The number of carbonyl (C=O) groups is 1. The Morgan fingerprint density at radius 3 is 2.60 bits per heavy atom. The third-order valence-corrected chi connectivity index (χ3v) is 4.41. The van der Waals surface area contributed by atoms with E-state index in [-0.39, 0.29) is 5.91 Å². The minimum Gasteiger partial charge on any atom is -0.340 e. The maximum atomic E-state index is 12.3. The van der Waals surface area contributed by atoms with Gasteiger partial charge >= 0.3 is 0 Å². The molecular weight excluding hydrogens is 295 g/mol. The van der Waals surface area contributed by atoms with Crippen LogP contribution in [0.3, 0.4) is 0 Å². The molecule has 0 spiro atoms. The summed E-state index contributed by atoms with van der Waals surface area (Å²) in [5.41, 5.74) is 0.934. The van der Waals surface area contributed by atoms with Gasteiger partial charge in [0, 0.05) is 31.6 Å². The lowest BCUT2D eigenvalue weighted by Crippen LogP contribution is -2.55. The molecule has 5 heteroatoms. The molecule has 110 valence electrons. The molecule has 1 aliphatic rings. The monoisotopic (exact) mass is 314 g/mol. The lowest BCUT2D eigenvalue weighted by molar-refractivity contribution is -0.132. The Morgan fingerprint density at radius 1 is 1.30 bits per heavy atom. The van der Waals surface area contributed by atoms with E-state index in [0.717, 1.165) is 18.7 Å². The van der Waals surface area contributed by atoms with Crippen LogP contribution in [0.2, 0.25) is 10.0 Å². The zero-order valence-corrected chi connectivity index (χ0v) is 13.3. The average Bonchev–Trinajstić information content (AvgIpc) is 2.39. The van der Waals surface area contributed by atoms with Gasteiger partial charge in [-0.25, -0.2) is 0 Å². The fraction of sp³-hybridized carbons (Fsp3) is 0.533. The van der Waals surface area contributed by atoms with Crippen LogP contribution in [0.4, 0.5) is 0 Å². The van der Waals surface area contributed by atoms with Crippen molar-refractivity contribution in [2.75, 3.05) is 13.1 Å². The molecule has 0 bridgehead atoms. The van der Waals surface area contributed by atoms with E-state index in [1.165, 1.54) is 0 Å². The molecule has 0 aromatic heterocycles. The van der Waals surface area contributed by atoms with Crippen molar-refractivity contribution in [3.63, 3.8) is 0 Å². The van der Waals surface area contributed by atoms with Crippen LogP contribution in [0.5, 0.6) is 0 Å². The molecule has 2 unspecified atom stereocenters. The minimum atomic E-state index is 0.182. The van der Waals surface area contributed by atoms with Crippen LogP contribution in [-0.4, -0.2) is 36.0 Å². The van der Waals surface area contributed by atoms with Gasteiger partial charge in [0.1, 0.15) is 0 Å². The predicted molar refractivity (Wildman–Crippen MR) is 83.4 cm³/mol. The summed E-state index contributed by atoms with van der Waals surface area (Å²) >= 11 is 12.1. The highest BCUT2D eigenvalue weighted by molar-refractivity contribution is 6.42. The molecule has 1 fully saturated rings. The van der Waals surface area contributed by atoms with E-state index < -0.39 is 0 Å². The third kappa shape index (κ3) is 3.87. The van der Waals surface area contributed by atoms with Gasteiger partial charge < -0.3 is 10.2 Å². The summed E-state index contributed by atoms with van der Waals surface area (Å²) in [4.78, 5) is 14.2. The topological polar surface area (TPSA) is 32.3 Å². The summed E-state index contributed by atoms with van der Waals surface area (Å²) in [6.07, 6.45) is 1.10. The molecule has 1 aromatic rings. The van der Waals surface area contributed by atoms with E-state index >= 15 is 0 Å². The van der Waals surface area contributed by atoms with Crippen molar-refractivity contribution in [2.45, 2.75) is 38.8 Å². The van der Waals surface area contributed by atoms with Gasteiger partial charge in [-0.1, -0.05) is 35.3 Å². The number of nitrogens with one attached hydrogen (secondary N) is 1. The Morgan fingerprint density at radius 2 is 1.95 bits per heavy atom. The van der Waals surface area contributed by atoms with Crippen molar-refractivity contribution >= 4 is 29.1 Å². The van der Waals surface area contributed by atoms with Crippen LogP contribution in [-0.2, 0) is 11.2 Å². The smallest absolute Gasteiger partial charge is 0.223 e. The second-order valence-corrected chi connectivity index (χ2v) is 6.27. The van der Waals surface area contributed by atoms with Gasteiger partial charge in [0.15, 0.2) is 0 Å². The van der Waals surface area contributed by atoms with E-state index in [0.29, 0.717) is 35.0 Å². The molecule has 1 aromatic carbocycles.